The Labute approximate surface area is 118 Å². The van der Waals surface area contributed by atoms with Gasteiger partial charge in [-0.15, -0.1) is 0 Å². The summed E-state index contributed by atoms with van der Waals surface area (Å²) in [7, 11) is 0. The minimum absolute atomic E-state index is 0.0436. The van der Waals surface area contributed by atoms with Gasteiger partial charge in [0.25, 0.3) is 0 Å². The highest BCUT2D eigenvalue weighted by Crippen LogP contribution is 2.21. The molecule has 0 aromatic heterocycles. The van der Waals surface area contributed by atoms with Crippen molar-refractivity contribution >= 4 is 21.7 Å². The van der Waals surface area contributed by atoms with Gasteiger partial charge in [-0.2, -0.15) is 0 Å². The maximum absolute atomic E-state index is 13.3. The molecule has 98 valence electrons. The van der Waals surface area contributed by atoms with E-state index in [1.54, 1.807) is 24.3 Å². The first-order valence-corrected chi connectivity index (χ1v) is 6.54. The van der Waals surface area contributed by atoms with Crippen molar-refractivity contribution in [1.82, 2.24) is 0 Å². The summed E-state index contributed by atoms with van der Waals surface area (Å²) in [5, 5.41) is 0. The lowest BCUT2D eigenvalue weighted by Crippen LogP contribution is -2.07. The van der Waals surface area contributed by atoms with Crippen LogP contribution in [0.25, 0.3) is 0 Å². The quantitative estimate of drug-likeness (QED) is 0.828. The van der Waals surface area contributed by atoms with E-state index in [0.29, 0.717) is 10.0 Å². The largest absolute Gasteiger partial charge is 0.299 e. The molecule has 0 spiro atoms. The van der Waals surface area contributed by atoms with Crippen LogP contribution >= 0.6 is 15.9 Å². The fourth-order valence-corrected chi connectivity index (χ4v) is 2.19. The number of carbonyl (C=O) groups excluding carboxylic acids is 1. The van der Waals surface area contributed by atoms with Crippen LogP contribution in [-0.2, 0) is 17.6 Å². The Bertz CT molecular complexity index is 594. The van der Waals surface area contributed by atoms with Crippen molar-refractivity contribution in [1.29, 1.82) is 0 Å². The highest BCUT2D eigenvalue weighted by atomic mass is 79.9. The number of hydrogen-bond donors (Lipinski definition) is 0. The predicted molar refractivity (Wildman–Crippen MR) is 72.9 cm³/mol. The second kappa shape index (κ2) is 6.06. The molecular formula is C15H11BrF2O. The molecule has 0 fully saturated rings. The summed E-state index contributed by atoms with van der Waals surface area (Å²) in [5.41, 5.74) is 1.37. The molecule has 0 aliphatic rings. The summed E-state index contributed by atoms with van der Waals surface area (Å²) in [6.07, 6.45) is 0.360. The molecule has 0 atom stereocenters. The molecule has 2 aromatic rings. The van der Waals surface area contributed by atoms with Crippen LogP contribution in [0.5, 0.6) is 0 Å². The third kappa shape index (κ3) is 3.70. The molecule has 0 heterocycles. The van der Waals surface area contributed by atoms with E-state index in [2.05, 4.69) is 15.9 Å². The van der Waals surface area contributed by atoms with Crippen LogP contribution in [0.1, 0.15) is 11.1 Å². The van der Waals surface area contributed by atoms with Crippen molar-refractivity contribution < 1.29 is 13.6 Å². The van der Waals surface area contributed by atoms with Crippen LogP contribution in [0.4, 0.5) is 8.78 Å². The standard InChI is InChI=1S/C15H11BrF2O/c16-15-11(2-1-3-14(15)18)9-13(19)8-10-4-6-12(17)7-5-10/h1-7H,8-9H2. The first-order chi connectivity index (χ1) is 9.06. The van der Waals surface area contributed by atoms with Crippen molar-refractivity contribution in [2.75, 3.05) is 0 Å². The smallest absolute Gasteiger partial charge is 0.141 e. The van der Waals surface area contributed by atoms with Crippen molar-refractivity contribution in [3.63, 3.8) is 0 Å². The Morgan fingerprint density at radius 3 is 2.37 bits per heavy atom. The molecule has 0 saturated heterocycles. The van der Waals surface area contributed by atoms with E-state index >= 15 is 0 Å². The number of carbonyl (C=O) groups is 1. The van der Waals surface area contributed by atoms with Crippen molar-refractivity contribution in [3.8, 4) is 0 Å². The lowest BCUT2D eigenvalue weighted by Gasteiger charge is -2.05. The third-order valence-electron chi connectivity index (χ3n) is 2.73. The lowest BCUT2D eigenvalue weighted by atomic mass is 10.0. The highest BCUT2D eigenvalue weighted by molar-refractivity contribution is 9.10. The van der Waals surface area contributed by atoms with Gasteiger partial charge in [0, 0.05) is 12.8 Å². The van der Waals surface area contributed by atoms with E-state index < -0.39 is 0 Å². The van der Waals surface area contributed by atoms with Crippen molar-refractivity contribution in [3.05, 3.63) is 69.7 Å². The topological polar surface area (TPSA) is 17.1 Å². The van der Waals surface area contributed by atoms with E-state index in [0.717, 1.165) is 5.56 Å². The average Bonchev–Trinajstić information content (AvgIpc) is 2.38. The summed E-state index contributed by atoms with van der Waals surface area (Å²) in [4.78, 5) is 11.9. The Kier molecular flexibility index (Phi) is 4.43. The average molecular weight is 325 g/mol. The van der Waals surface area contributed by atoms with Crippen LogP contribution in [0.2, 0.25) is 0 Å². The van der Waals surface area contributed by atoms with E-state index in [9.17, 15) is 13.6 Å². The number of Topliss-reactive ketones (excluding diaryl/α,β-unsaturated/α-hetero) is 1. The van der Waals surface area contributed by atoms with Crippen LogP contribution in [-0.4, -0.2) is 5.78 Å². The molecule has 4 heteroatoms. The zero-order chi connectivity index (χ0) is 13.8. The fourth-order valence-electron chi connectivity index (χ4n) is 1.79. The minimum Gasteiger partial charge on any atom is -0.299 e. The fraction of sp³-hybridized carbons (Fsp3) is 0.133. The summed E-state index contributed by atoms with van der Waals surface area (Å²) >= 11 is 3.13. The van der Waals surface area contributed by atoms with E-state index in [-0.39, 0.29) is 30.3 Å². The van der Waals surface area contributed by atoms with Gasteiger partial charge in [-0.1, -0.05) is 24.3 Å². The molecule has 0 aliphatic heterocycles. The molecule has 0 N–H and O–H groups in total. The van der Waals surface area contributed by atoms with E-state index in [1.807, 2.05) is 0 Å². The number of benzene rings is 2. The van der Waals surface area contributed by atoms with Gasteiger partial charge in [0.2, 0.25) is 0 Å². The van der Waals surface area contributed by atoms with Gasteiger partial charge in [-0.25, -0.2) is 8.78 Å². The first kappa shape index (κ1) is 13.9. The van der Waals surface area contributed by atoms with Crippen LogP contribution in [0.15, 0.2) is 46.9 Å². The molecule has 0 bridgehead atoms. The molecule has 0 aliphatic carbocycles. The zero-order valence-electron chi connectivity index (χ0n) is 10.00. The lowest BCUT2D eigenvalue weighted by molar-refractivity contribution is -0.117. The summed E-state index contributed by atoms with van der Waals surface area (Å²) in [6.45, 7) is 0. The van der Waals surface area contributed by atoms with Gasteiger partial charge in [0.1, 0.15) is 17.4 Å². The van der Waals surface area contributed by atoms with Gasteiger partial charge < -0.3 is 0 Å². The molecule has 0 radical (unpaired) electrons. The van der Waals surface area contributed by atoms with Gasteiger partial charge in [-0.3, -0.25) is 4.79 Å². The molecule has 0 unspecified atom stereocenters. The Morgan fingerprint density at radius 2 is 1.68 bits per heavy atom. The number of rotatable bonds is 4. The van der Waals surface area contributed by atoms with Gasteiger partial charge in [0.15, 0.2) is 0 Å². The zero-order valence-corrected chi connectivity index (χ0v) is 11.6. The molecule has 19 heavy (non-hydrogen) atoms. The van der Waals surface area contributed by atoms with Crippen LogP contribution in [0.3, 0.4) is 0 Å². The third-order valence-corrected chi connectivity index (χ3v) is 3.62. The van der Waals surface area contributed by atoms with Gasteiger partial charge >= 0.3 is 0 Å². The summed E-state index contributed by atoms with van der Waals surface area (Å²) in [6, 6.07) is 10.4. The molecule has 0 amide bonds. The first-order valence-electron chi connectivity index (χ1n) is 5.75. The maximum atomic E-state index is 13.3. The van der Waals surface area contributed by atoms with Gasteiger partial charge in [-0.05, 0) is 45.3 Å². The number of hydrogen-bond acceptors (Lipinski definition) is 1. The molecule has 2 rings (SSSR count). The van der Waals surface area contributed by atoms with Crippen molar-refractivity contribution in [2.45, 2.75) is 12.8 Å². The van der Waals surface area contributed by atoms with E-state index in [1.165, 1.54) is 18.2 Å². The van der Waals surface area contributed by atoms with Crippen molar-refractivity contribution in [2.24, 2.45) is 0 Å². The summed E-state index contributed by atoms with van der Waals surface area (Å²) in [5.74, 6) is -0.755. The summed E-state index contributed by atoms with van der Waals surface area (Å²) < 4.78 is 26.4. The van der Waals surface area contributed by atoms with Gasteiger partial charge in [0.05, 0.1) is 4.47 Å². The normalized spacial score (nSPS) is 10.5. The number of halogens is 3. The number of ketones is 1. The maximum Gasteiger partial charge on any atom is 0.141 e. The SMILES string of the molecule is O=C(Cc1ccc(F)cc1)Cc1cccc(F)c1Br. The molecule has 0 saturated carbocycles. The predicted octanol–water partition coefficient (Wildman–Crippen LogP) is 4.08. The Morgan fingerprint density at radius 1 is 1.00 bits per heavy atom. The van der Waals surface area contributed by atoms with Crippen LogP contribution in [0, 0.1) is 11.6 Å². The van der Waals surface area contributed by atoms with Crippen LogP contribution < -0.4 is 0 Å². The molecule has 2 aromatic carbocycles. The second-order valence-corrected chi connectivity index (χ2v) is 5.02. The minimum atomic E-state index is -0.382. The second-order valence-electron chi connectivity index (χ2n) is 4.23. The van der Waals surface area contributed by atoms with E-state index in [4.69, 9.17) is 0 Å². The Balaban J connectivity index is 2.05. The molecular weight excluding hydrogens is 314 g/mol. The Hall–Kier alpha value is -1.55. The highest BCUT2D eigenvalue weighted by Gasteiger charge is 2.10. The molecule has 1 nitrogen and oxygen atoms in total. The monoisotopic (exact) mass is 324 g/mol.